The fourth-order valence-corrected chi connectivity index (χ4v) is 1.52. The number of nitrogens with one attached hydrogen (secondary N) is 1. The number of benzene rings is 1. The van der Waals surface area contributed by atoms with Crippen molar-refractivity contribution < 1.29 is 9.63 Å². The maximum atomic E-state index is 11.2. The van der Waals surface area contributed by atoms with Crippen LogP contribution in [-0.4, -0.2) is 11.7 Å². The molecule has 0 saturated heterocycles. The van der Waals surface area contributed by atoms with E-state index in [1.807, 2.05) is 30.3 Å². The fourth-order valence-electron chi connectivity index (χ4n) is 1.38. The number of rotatable bonds is 3. The summed E-state index contributed by atoms with van der Waals surface area (Å²) < 4.78 is 0. The van der Waals surface area contributed by atoms with Gasteiger partial charge in [-0.25, -0.2) is 0 Å². The van der Waals surface area contributed by atoms with E-state index in [0.29, 0.717) is 5.70 Å². The number of allylic oxidation sites excluding steroid dienone is 1. The molecule has 4 heteroatoms. The molecule has 1 aromatic rings. The normalized spacial score (nSPS) is 19.5. The lowest BCUT2D eigenvalue weighted by Gasteiger charge is -2.06. The van der Waals surface area contributed by atoms with Gasteiger partial charge in [-0.2, -0.15) is 0 Å². The highest BCUT2D eigenvalue weighted by molar-refractivity contribution is 6.30. The molecule has 3 nitrogen and oxygen atoms in total. The molecule has 15 heavy (non-hydrogen) atoms. The lowest BCUT2D eigenvalue weighted by molar-refractivity contribution is -0.114. The molecule has 1 N–H and O–H groups in total. The van der Waals surface area contributed by atoms with Crippen LogP contribution in [0.5, 0.6) is 0 Å². The van der Waals surface area contributed by atoms with Crippen LogP contribution in [-0.2, 0) is 9.63 Å². The molecule has 1 aliphatic rings. The van der Waals surface area contributed by atoms with Gasteiger partial charge >= 0.3 is 0 Å². The summed E-state index contributed by atoms with van der Waals surface area (Å²) in [6, 6.07) is 9.66. The fraction of sp³-hybridized carbons (Fsp3) is 0.182. The molecule has 1 heterocycles. The highest BCUT2D eigenvalue weighted by atomic mass is 35.5. The van der Waals surface area contributed by atoms with Crippen molar-refractivity contribution in [3.8, 4) is 0 Å². The number of carbonyl (C=O) groups is 1. The first kappa shape index (κ1) is 10.2. The molecular formula is C11H10ClNO2. The number of Topliss-reactive ketones (excluding diaryl/α,β-unsaturated/α-hetero) is 1. The van der Waals surface area contributed by atoms with Crippen LogP contribution in [0.25, 0.3) is 0 Å². The smallest absolute Gasteiger partial charge is 0.195 e. The molecule has 0 aromatic heterocycles. The van der Waals surface area contributed by atoms with Crippen LogP contribution in [0.1, 0.15) is 11.7 Å². The molecule has 2 rings (SSSR count). The highest BCUT2D eigenvalue weighted by Gasteiger charge is 2.21. The summed E-state index contributed by atoms with van der Waals surface area (Å²) in [7, 11) is 0. The molecule has 0 fully saturated rings. The number of carbonyl (C=O) groups excluding carboxylic acids is 1. The molecule has 1 aliphatic heterocycles. The van der Waals surface area contributed by atoms with Gasteiger partial charge in [0.15, 0.2) is 5.78 Å². The van der Waals surface area contributed by atoms with E-state index in [9.17, 15) is 4.79 Å². The largest absolute Gasteiger partial charge is 0.291 e. The second kappa shape index (κ2) is 4.47. The zero-order chi connectivity index (χ0) is 10.7. The van der Waals surface area contributed by atoms with Gasteiger partial charge in [0.05, 0.1) is 5.88 Å². The molecule has 0 radical (unpaired) electrons. The molecule has 1 unspecified atom stereocenters. The second-order valence-corrected chi connectivity index (χ2v) is 3.46. The second-order valence-electron chi connectivity index (χ2n) is 3.19. The topological polar surface area (TPSA) is 38.3 Å². The van der Waals surface area contributed by atoms with E-state index in [1.165, 1.54) is 0 Å². The Balaban J connectivity index is 2.16. The summed E-state index contributed by atoms with van der Waals surface area (Å²) in [6.45, 7) is 0. The zero-order valence-corrected chi connectivity index (χ0v) is 8.70. The van der Waals surface area contributed by atoms with Gasteiger partial charge in [-0.05, 0) is 11.6 Å². The van der Waals surface area contributed by atoms with Crippen LogP contribution in [0.3, 0.4) is 0 Å². The Morgan fingerprint density at radius 2 is 2.13 bits per heavy atom. The molecule has 0 amide bonds. The van der Waals surface area contributed by atoms with Crippen LogP contribution in [0.4, 0.5) is 0 Å². The number of hydrogen-bond donors (Lipinski definition) is 1. The standard InChI is InChI=1S/C11H10ClNO2/c12-7-10(14)9-6-11(15-13-9)8-4-2-1-3-5-8/h1-6,11,13H,7H2. The molecular weight excluding hydrogens is 214 g/mol. The van der Waals surface area contributed by atoms with Gasteiger partial charge in [-0.15, -0.1) is 11.6 Å². The van der Waals surface area contributed by atoms with E-state index in [2.05, 4.69) is 5.48 Å². The average Bonchev–Trinajstić information content (AvgIpc) is 2.78. The van der Waals surface area contributed by atoms with Gasteiger partial charge in [0.2, 0.25) is 0 Å². The van der Waals surface area contributed by atoms with Crippen molar-refractivity contribution in [1.29, 1.82) is 0 Å². The predicted octanol–water partition coefficient (Wildman–Crippen LogP) is 1.95. The maximum absolute atomic E-state index is 11.2. The third-order valence-electron chi connectivity index (χ3n) is 2.16. The Hall–Kier alpha value is -1.32. The Morgan fingerprint density at radius 3 is 2.80 bits per heavy atom. The zero-order valence-electron chi connectivity index (χ0n) is 7.94. The first-order chi connectivity index (χ1) is 7.31. The van der Waals surface area contributed by atoms with Crippen LogP contribution in [0.15, 0.2) is 42.1 Å². The van der Waals surface area contributed by atoms with Gasteiger partial charge in [0.25, 0.3) is 0 Å². The first-order valence-electron chi connectivity index (χ1n) is 4.59. The number of ketones is 1. The van der Waals surface area contributed by atoms with Crippen LogP contribution in [0.2, 0.25) is 0 Å². The Bertz CT molecular complexity index is 389. The van der Waals surface area contributed by atoms with E-state index in [1.54, 1.807) is 6.08 Å². The Kier molecular flexibility index (Phi) is 3.04. The number of halogens is 1. The summed E-state index contributed by atoms with van der Waals surface area (Å²) >= 11 is 5.44. The van der Waals surface area contributed by atoms with E-state index in [-0.39, 0.29) is 17.8 Å². The quantitative estimate of drug-likeness (QED) is 0.797. The van der Waals surface area contributed by atoms with Crippen LogP contribution in [0, 0.1) is 0 Å². The van der Waals surface area contributed by atoms with Crippen LogP contribution >= 0.6 is 11.6 Å². The van der Waals surface area contributed by atoms with E-state index in [4.69, 9.17) is 16.4 Å². The molecule has 78 valence electrons. The SMILES string of the molecule is O=C(CCl)C1=CC(c2ccccc2)ON1. The summed E-state index contributed by atoms with van der Waals surface area (Å²) in [4.78, 5) is 16.5. The van der Waals surface area contributed by atoms with E-state index < -0.39 is 0 Å². The van der Waals surface area contributed by atoms with Crippen molar-refractivity contribution in [2.24, 2.45) is 0 Å². The summed E-state index contributed by atoms with van der Waals surface area (Å²) in [5.74, 6) is -0.195. The lowest BCUT2D eigenvalue weighted by atomic mass is 10.1. The minimum Gasteiger partial charge on any atom is -0.291 e. The number of alkyl halides is 1. The van der Waals surface area contributed by atoms with Gasteiger partial charge in [-0.1, -0.05) is 30.3 Å². The Labute approximate surface area is 92.6 Å². The molecule has 0 bridgehead atoms. The first-order valence-corrected chi connectivity index (χ1v) is 5.12. The van der Waals surface area contributed by atoms with Crippen LogP contribution < -0.4 is 5.48 Å². The number of hydrogen-bond acceptors (Lipinski definition) is 3. The van der Waals surface area contributed by atoms with E-state index >= 15 is 0 Å². The van der Waals surface area contributed by atoms with Crippen molar-refractivity contribution in [3.05, 3.63) is 47.7 Å². The van der Waals surface area contributed by atoms with Gasteiger partial charge in [0, 0.05) is 0 Å². The molecule has 1 atom stereocenters. The lowest BCUT2D eigenvalue weighted by Crippen LogP contribution is -2.16. The average molecular weight is 224 g/mol. The molecule has 0 aliphatic carbocycles. The summed E-state index contributed by atoms with van der Waals surface area (Å²) in [6.07, 6.45) is 1.52. The predicted molar refractivity (Wildman–Crippen MR) is 57.2 cm³/mol. The van der Waals surface area contributed by atoms with Crippen molar-refractivity contribution in [1.82, 2.24) is 5.48 Å². The van der Waals surface area contributed by atoms with E-state index in [0.717, 1.165) is 5.56 Å². The van der Waals surface area contributed by atoms with Crippen molar-refractivity contribution in [2.75, 3.05) is 5.88 Å². The maximum Gasteiger partial charge on any atom is 0.195 e. The minimum absolute atomic E-state index is 0.0380. The molecule has 1 aromatic carbocycles. The molecule has 0 saturated carbocycles. The highest BCUT2D eigenvalue weighted by Crippen LogP contribution is 2.23. The minimum atomic E-state index is -0.214. The summed E-state index contributed by atoms with van der Waals surface area (Å²) in [5.41, 5.74) is 4.01. The molecule has 0 spiro atoms. The monoisotopic (exact) mass is 223 g/mol. The van der Waals surface area contributed by atoms with Gasteiger partial charge in [-0.3, -0.25) is 15.1 Å². The van der Waals surface area contributed by atoms with Crippen molar-refractivity contribution in [2.45, 2.75) is 6.10 Å². The summed E-state index contributed by atoms with van der Waals surface area (Å²) in [5, 5.41) is 0. The van der Waals surface area contributed by atoms with Gasteiger partial charge < -0.3 is 0 Å². The van der Waals surface area contributed by atoms with Crippen molar-refractivity contribution in [3.63, 3.8) is 0 Å². The van der Waals surface area contributed by atoms with Gasteiger partial charge in [0.1, 0.15) is 11.8 Å². The third-order valence-corrected chi connectivity index (χ3v) is 2.41. The number of hydroxylamine groups is 1. The van der Waals surface area contributed by atoms with Crippen molar-refractivity contribution >= 4 is 17.4 Å². The third kappa shape index (κ3) is 2.19. The Morgan fingerprint density at radius 1 is 1.40 bits per heavy atom.